The first-order valence-electron chi connectivity index (χ1n) is 11.0. The Hall–Kier alpha value is -3.10. The summed E-state index contributed by atoms with van der Waals surface area (Å²) in [5, 5.41) is 0. The molecule has 202 valence electrons. The Morgan fingerprint density at radius 2 is 1.92 bits per heavy atom. The number of benzene rings is 1. The van der Waals surface area contributed by atoms with E-state index in [4.69, 9.17) is 18.9 Å². The van der Waals surface area contributed by atoms with Gasteiger partial charge in [-0.05, 0) is 30.3 Å². The highest BCUT2D eigenvalue weighted by atomic mass is 19.4. The molecule has 1 aromatic heterocycles. The molecule has 0 spiro atoms. The monoisotopic (exact) mass is 536 g/mol. The van der Waals surface area contributed by atoms with Crippen molar-refractivity contribution in [3.63, 3.8) is 0 Å². The molecule has 2 atom stereocenters. The number of amides is 1. The van der Waals surface area contributed by atoms with E-state index in [1.165, 1.54) is 42.3 Å². The van der Waals surface area contributed by atoms with Crippen molar-refractivity contribution >= 4 is 5.91 Å². The summed E-state index contributed by atoms with van der Waals surface area (Å²) in [7, 11) is 1.31. The van der Waals surface area contributed by atoms with E-state index in [9.17, 15) is 31.1 Å². The van der Waals surface area contributed by atoms with Crippen LogP contribution in [0.4, 0.5) is 26.3 Å². The lowest BCUT2D eigenvalue weighted by Crippen LogP contribution is -2.54. The number of fused-ring (bicyclic) bond motifs is 1. The second-order valence-corrected chi connectivity index (χ2v) is 8.22. The minimum Gasteiger partial charge on any atom is -0.493 e. The van der Waals surface area contributed by atoms with Crippen molar-refractivity contribution in [3.8, 4) is 11.5 Å². The van der Waals surface area contributed by atoms with Crippen molar-refractivity contribution in [1.82, 2.24) is 9.88 Å². The number of hydrogen-bond acceptors (Lipinski definition) is 7. The molecule has 0 radical (unpaired) electrons. The number of carbonyl (C=O) groups excluding carboxylic acids is 1. The minimum absolute atomic E-state index is 0.0338. The van der Waals surface area contributed by atoms with Gasteiger partial charge in [0.25, 0.3) is 5.91 Å². The number of hydrogen-bond donors (Lipinski definition) is 0. The summed E-state index contributed by atoms with van der Waals surface area (Å²) >= 11 is 0. The number of carbonyl (C=O) groups is 1. The van der Waals surface area contributed by atoms with E-state index in [2.05, 4.69) is 9.72 Å². The van der Waals surface area contributed by atoms with Crippen molar-refractivity contribution in [2.45, 2.75) is 30.7 Å². The van der Waals surface area contributed by atoms with Crippen LogP contribution >= 0.6 is 0 Å². The molecular formula is C23H22F6N2O6. The Morgan fingerprint density at radius 3 is 2.62 bits per heavy atom. The van der Waals surface area contributed by atoms with Gasteiger partial charge in [0.05, 0.1) is 26.0 Å². The van der Waals surface area contributed by atoms with Crippen molar-refractivity contribution < 1.29 is 54.8 Å². The maximum absolute atomic E-state index is 13.2. The molecule has 37 heavy (non-hydrogen) atoms. The fraction of sp³-hybridized carbons (Fsp3) is 0.478. The standard InChI is InChI=1S/C23H22F6N2O6/c1-33-16-11-14(5-6-15(16)34-9-10-36-23(27,28)29)20(32)31-8-7-21(19(12-31)35-13-37-21)17-3-2-4-18(30-17)22(24,25)26/h2-6,11,19H,7-10,12-13H2,1H3. The maximum atomic E-state index is 13.2. The number of likely N-dealkylation sites (tertiary alicyclic amines) is 1. The van der Waals surface area contributed by atoms with E-state index in [1.54, 1.807) is 0 Å². The minimum atomic E-state index is -4.78. The van der Waals surface area contributed by atoms with Gasteiger partial charge >= 0.3 is 12.5 Å². The van der Waals surface area contributed by atoms with E-state index in [-0.39, 0.29) is 49.1 Å². The highest BCUT2D eigenvalue weighted by molar-refractivity contribution is 5.95. The van der Waals surface area contributed by atoms with E-state index in [0.717, 1.165) is 6.07 Å². The molecule has 0 aliphatic carbocycles. The number of piperidine rings is 1. The molecule has 1 amide bonds. The van der Waals surface area contributed by atoms with Gasteiger partial charge in [-0.15, -0.1) is 13.2 Å². The Labute approximate surface area is 207 Å². The third-order valence-electron chi connectivity index (χ3n) is 6.02. The predicted molar refractivity (Wildman–Crippen MR) is 113 cm³/mol. The van der Waals surface area contributed by atoms with Gasteiger partial charge in [0.15, 0.2) is 11.5 Å². The molecule has 14 heteroatoms. The first-order valence-corrected chi connectivity index (χ1v) is 11.0. The number of pyridine rings is 1. The zero-order valence-electron chi connectivity index (χ0n) is 19.4. The summed E-state index contributed by atoms with van der Waals surface area (Å²) in [5.74, 6) is -0.171. The van der Waals surface area contributed by atoms with Crippen molar-refractivity contribution in [3.05, 3.63) is 53.3 Å². The van der Waals surface area contributed by atoms with Gasteiger partial charge in [-0.2, -0.15) is 13.2 Å². The zero-order chi connectivity index (χ0) is 26.8. The number of alkyl halides is 6. The lowest BCUT2D eigenvalue weighted by atomic mass is 9.84. The summed E-state index contributed by atoms with van der Waals surface area (Å²) < 4.78 is 101. The molecule has 2 fully saturated rings. The van der Waals surface area contributed by atoms with Crippen LogP contribution in [0.1, 0.15) is 28.2 Å². The predicted octanol–water partition coefficient (Wildman–Crippen LogP) is 4.14. The highest BCUT2D eigenvalue weighted by Gasteiger charge is 2.52. The van der Waals surface area contributed by atoms with Crippen LogP contribution in [-0.4, -0.2) is 68.5 Å². The van der Waals surface area contributed by atoms with Crippen LogP contribution in [0.5, 0.6) is 11.5 Å². The molecule has 8 nitrogen and oxygen atoms in total. The van der Waals surface area contributed by atoms with E-state index < -0.39 is 49.1 Å². The largest absolute Gasteiger partial charge is 0.522 e. The quantitative estimate of drug-likeness (QED) is 0.389. The molecule has 4 rings (SSSR count). The third-order valence-corrected chi connectivity index (χ3v) is 6.02. The van der Waals surface area contributed by atoms with Crippen LogP contribution in [0.25, 0.3) is 0 Å². The topological polar surface area (TPSA) is 79.4 Å². The zero-order valence-corrected chi connectivity index (χ0v) is 19.4. The number of aromatic nitrogens is 1. The van der Waals surface area contributed by atoms with Gasteiger partial charge in [0, 0.05) is 18.5 Å². The SMILES string of the molecule is COc1cc(C(=O)N2CCC3(c4cccc(C(F)(F)F)n4)OCOC3C2)ccc1OCCOC(F)(F)F. The number of ether oxygens (including phenoxy) is 5. The van der Waals surface area contributed by atoms with Crippen LogP contribution in [0, 0.1) is 0 Å². The van der Waals surface area contributed by atoms with E-state index in [0.29, 0.717) is 0 Å². The maximum Gasteiger partial charge on any atom is 0.522 e. The summed E-state index contributed by atoms with van der Waals surface area (Å²) in [6.07, 6.45) is -10.0. The Bertz CT molecular complexity index is 1130. The van der Waals surface area contributed by atoms with Crippen LogP contribution in [0.2, 0.25) is 0 Å². The first-order chi connectivity index (χ1) is 17.4. The average Bonchev–Trinajstić information content (AvgIpc) is 3.29. The number of nitrogens with zero attached hydrogens (tertiary/aromatic N) is 2. The molecule has 2 aliphatic rings. The molecule has 2 aromatic rings. The van der Waals surface area contributed by atoms with Gasteiger partial charge in [-0.1, -0.05) is 6.07 Å². The fourth-order valence-corrected chi connectivity index (χ4v) is 4.27. The van der Waals surface area contributed by atoms with Crippen LogP contribution in [0.3, 0.4) is 0 Å². The normalized spacial score (nSPS) is 22.0. The summed E-state index contributed by atoms with van der Waals surface area (Å²) in [6, 6.07) is 7.75. The van der Waals surface area contributed by atoms with Gasteiger partial charge in [-0.3, -0.25) is 9.53 Å². The van der Waals surface area contributed by atoms with Crippen molar-refractivity contribution in [1.29, 1.82) is 0 Å². The molecule has 0 saturated carbocycles. The lowest BCUT2D eigenvalue weighted by Gasteiger charge is -2.41. The Morgan fingerprint density at radius 1 is 1.14 bits per heavy atom. The first kappa shape index (κ1) is 26.9. The lowest BCUT2D eigenvalue weighted by molar-refractivity contribution is -0.325. The van der Waals surface area contributed by atoms with Gasteiger partial charge < -0.3 is 23.8 Å². The fourth-order valence-electron chi connectivity index (χ4n) is 4.27. The number of rotatable bonds is 7. The van der Waals surface area contributed by atoms with Crippen LogP contribution in [-0.2, 0) is 26.0 Å². The van der Waals surface area contributed by atoms with Gasteiger partial charge in [0.1, 0.15) is 30.8 Å². The molecule has 0 N–H and O–H groups in total. The second-order valence-electron chi connectivity index (χ2n) is 8.22. The number of halogens is 6. The molecule has 0 bridgehead atoms. The van der Waals surface area contributed by atoms with Gasteiger partial charge in [-0.25, -0.2) is 4.98 Å². The molecular weight excluding hydrogens is 514 g/mol. The second kappa shape index (κ2) is 10.3. The van der Waals surface area contributed by atoms with Crippen LogP contribution < -0.4 is 9.47 Å². The summed E-state index contributed by atoms with van der Waals surface area (Å²) in [5.41, 5.74) is -1.99. The van der Waals surface area contributed by atoms with E-state index >= 15 is 0 Å². The molecule has 3 heterocycles. The van der Waals surface area contributed by atoms with E-state index in [1.807, 2.05) is 0 Å². The Balaban J connectivity index is 1.46. The number of methoxy groups -OCH3 is 1. The summed E-state index contributed by atoms with van der Waals surface area (Å²) in [4.78, 5) is 18.4. The Kier molecular flexibility index (Phi) is 7.53. The average molecular weight is 536 g/mol. The molecule has 1 aromatic carbocycles. The third kappa shape index (κ3) is 5.91. The van der Waals surface area contributed by atoms with Crippen LogP contribution in [0.15, 0.2) is 36.4 Å². The van der Waals surface area contributed by atoms with Crippen molar-refractivity contribution in [2.75, 3.05) is 40.2 Å². The molecule has 2 aliphatic heterocycles. The van der Waals surface area contributed by atoms with Gasteiger partial charge in [0.2, 0.25) is 0 Å². The smallest absolute Gasteiger partial charge is 0.493 e. The molecule has 2 saturated heterocycles. The van der Waals surface area contributed by atoms with Crippen molar-refractivity contribution in [2.24, 2.45) is 0 Å². The highest BCUT2D eigenvalue weighted by Crippen LogP contribution is 2.43. The molecule has 2 unspecified atom stereocenters. The summed E-state index contributed by atoms with van der Waals surface area (Å²) in [6.45, 7) is -1.12.